The van der Waals surface area contributed by atoms with Gasteiger partial charge in [0.2, 0.25) is 0 Å². The van der Waals surface area contributed by atoms with Crippen molar-refractivity contribution in [3.05, 3.63) is 33.3 Å². The minimum absolute atomic E-state index is 0.301. The fraction of sp³-hybridized carbons (Fsp3) is 0.538. The van der Waals surface area contributed by atoms with E-state index >= 15 is 0 Å². The van der Waals surface area contributed by atoms with Crippen LogP contribution in [0.15, 0.2) is 22.7 Å². The number of hydrogen-bond acceptors (Lipinski definition) is 2. The number of likely N-dealkylation sites (tertiary alicyclic amines) is 1. The zero-order valence-electron chi connectivity index (χ0n) is 10.00. The van der Waals surface area contributed by atoms with Crippen molar-refractivity contribution in [2.45, 2.75) is 25.9 Å². The summed E-state index contributed by atoms with van der Waals surface area (Å²) in [6.07, 6.45) is 1.19. The van der Waals surface area contributed by atoms with Crippen LogP contribution in [0, 0.1) is 5.92 Å². The van der Waals surface area contributed by atoms with Crippen LogP contribution in [0.1, 0.15) is 18.9 Å². The van der Waals surface area contributed by atoms with Crippen LogP contribution in [0.5, 0.6) is 0 Å². The van der Waals surface area contributed by atoms with Crippen molar-refractivity contribution in [1.29, 1.82) is 0 Å². The van der Waals surface area contributed by atoms with Gasteiger partial charge in [0.15, 0.2) is 0 Å². The highest BCUT2D eigenvalue weighted by Crippen LogP contribution is 2.24. The lowest BCUT2D eigenvalue weighted by Crippen LogP contribution is -2.47. The predicted molar refractivity (Wildman–Crippen MR) is 76.2 cm³/mol. The molecule has 2 N–H and O–H groups in total. The molecule has 1 fully saturated rings. The van der Waals surface area contributed by atoms with Crippen LogP contribution in [-0.4, -0.2) is 24.0 Å². The van der Waals surface area contributed by atoms with Gasteiger partial charge in [0, 0.05) is 28.6 Å². The van der Waals surface area contributed by atoms with Gasteiger partial charge in [-0.15, -0.1) is 0 Å². The molecule has 0 bridgehead atoms. The maximum absolute atomic E-state index is 6.11. The van der Waals surface area contributed by atoms with Crippen molar-refractivity contribution >= 4 is 27.5 Å². The maximum Gasteiger partial charge on any atom is 0.0417 e. The molecular formula is C13H18BrClN2. The standard InChI is InChI=1S/C13H18BrClN2/c1-9-4-5-17(8-13(9)16)7-10-2-3-11(15)6-12(10)14/h2-3,6,9,13H,4-5,7-8,16H2,1H3. The number of piperidine rings is 1. The van der Waals surface area contributed by atoms with Crippen LogP contribution >= 0.6 is 27.5 Å². The average molecular weight is 318 g/mol. The Labute approximate surface area is 116 Å². The summed E-state index contributed by atoms with van der Waals surface area (Å²) in [7, 11) is 0. The highest BCUT2D eigenvalue weighted by Gasteiger charge is 2.23. The molecule has 0 saturated carbocycles. The van der Waals surface area contributed by atoms with Crippen LogP contribution in [-0.2, 0) is 6.54 Å². The first-order valence-electron chi connectivity index (χ1n) is 5.98. The van der Waals surface area contributed by atoms with E-state index in [1.165, 1.54) is 12.0 Å². The third-order valence-electron chi connectivity index (χ3n) is 3.51. The summed E-state index contributed by atoms with van der Waals surface area (Å²) >= 11 is 9.50. The summed E-state index contributed by atoms with van der Waals surface area (Å²) in [5, 5.41) is 0.768. The molecule has 0 aliphatic carbocycles. The Morgan fingerprint density at radius 2 is 2.29 bits per heavy atom. The smallest absolute Gasteiger partial charge is 0.0417 e. The fourth-order valence-corrected chi connectivity index (χ4v) is 3.01. The molecule has 2 rings (SSSR count). The molecule has 2 atom stereocenters. The second kappa shape index (κ2) is 5.70. The molecule has 2 nitrogen and oxygen atoms in total. The maximum atomic E-state index is 6.11. The lowest BCUT2D eigenvalue weighted by Gasteiger charge is -2.35. The zero-order chi connectivity index (χ0) is 12.4. The monoisotopic (exact) mass is 316 g/mol. The molecule has 94 valence electrons. The molecule has 1 aliphatic rings. The molecule has 1 heterocycles. The Kier molecular flexibility index (Phi) is 4.47. The number of nitrogens with zero attached hydrogens (tertiary/aromatic N) is 1. The van der Waals surface area contributed by atoms with Crippen LogP contribution < -0.4 is 5.73 Å². The molecule has 1 aromatic rings. The summed E-state index contributed by atoms with van der Waals surface area (Å²) in [6, 6.07) is 6.27. The third-order valence-corrected chi connectivity index (χ3v) is 4.48. The molecule has 1 aliphatic heterocycles. The SMILES string of the molecule is CC1CCN(Cc2ccc(Cl)cc2Br)CC1N. The average Bonchev–Trinajstić information content (AvgIpc) is 2.27. The minimum Gasteiger partial charge on any atom is -0.326 e. The number of hydrogen-bond donors (Lipinski definition) is 1. The molecule has 1 saturated heterocycles. The summed E-state index contributed by atoms with van der Waals surface area (Å²) in [5.74, 6) is 0.639. The van der Waals surface area contributed by atoms with Gasteiger partial charge in [0.25, 0.3) is 0 Å². The lowest BCUT2D eigenvalue weighted by molar-refractivity contribution is 0.162. The van der Waals surface area contributed by atoms with E-state index in [0.717, 1.165) is 29.1 Å². The molecule has 17 heavy (non-hydrogen) atoms. The van der Waals surface area contributed by atoms with E-state index < -0.39 is 0 Å². The van der Waals surface area contributed by atoms with E-state index in [0.29, 0.717) is 12.0 Å². The number of nitrogens with two attached hydrogens (primary N) is 1. The summed E-state index contributed by atoms with van der Waals surface area (Å²) < 4.78 is 1.08. The van der Waals surface area contributed by atoms with E-state index in [9.17, 15) is 0 Å². The van der Waals surface area contributed by atoms with Crippen LogP contribution in [0.2, 0.25) is 5.02 Å². The normalized spacial score (nSPS) is 26.1. The molecule has 0 amide bonds. The van der Waals surface area contributed by atoms with Gasteiger partial charge in [-0.2, -0.15) is 0 Å². The van der Waals surface area contributed by atoms with E-state index in [2.05, 4.69) is 33.8 Å². The Bertz CT molecular complexity index is 397. The summed E-state index contributed by atoms with van der Waals surface area (Å²) in [4.78, 5) is 2.42. The second-order valence-electron chi connectivity index (χ2n) is 4.90. The molecule has 2 unspecified atom stereocenters. The molecule has 0 radical (unpaired) electrons. The zero-order valence-corrected chi connectivity index (χ0v) is 12.3. The van der Waals surface area contributed by atoms with E-state index in [-0.39, 0.29) is 0 Å². The predicted octanol–water partition coefficient (Wildman–Crippen LogP) is 3.27. The van der Waals surface area contributed by atoms with Crippen molar-refractivity contribution in [3.8, 4) is 0 Å². The lowest BCUT2D eigenvalue weighted by atomic mass is 9.94. The molecule has 1 aromatic carbocycles. The van der Waals surface area contributed by atoms with Crippen molar-refractivity contribution < 1.29 is 0 Å². The summed E-state index contributed by atoms with van der Waals surface area (Å²) in [5.41, 5.74) is 7.38. The van der Waals surface area contributed by atoms with Crippen molar-refractivity contribution in [3.63, 3.8) is 0 Å². The number of benzene rings is 1. The van der Waals surface area contributed by atoms with Gasteiger partial charge in [0.05, 0.1) is 0 Å². The van der Waals surface area contributed by atoms with E-state index in [1.807, 2.05) is 12.1 Å². The first kappa shape index (κ1) is 13.3. The minimum atomic E-state index is 0.301. The molecule has 4 heteroatoms. The van der Waals surface area contributed by atoms with E-state index in [1.54, 1.807) is 0 Å². The fourth-order valence-electron chi connectivity index (χ4n) is 2.20. The Morgan fingerprint density at radius 1 is 1.53 bits per heavy atom. The first-order chi connectivity index (χ1) is 8.06. The largest absolute Gasteiger partial charge is 0.326 e. The van der Waals surface area contributed by atoms with Crippen molar-refractivity contribution in [2.75, 3.05) is 13.1 Å². The Balaban J connectivity index is 2.01. The highest BCUT2D eigenvalue weighted by molar-refractivity contribution is 9.10. The van der Waals surface area contributed by atoms with Gasteiger partial charge in [-0.1, -0.05) is 40.5 Å². The first-order valence-corrected chi connectivity index (χ1v) is 7.15. The molecule has 0 aromatic heterocycles. The van der Waals surface area contributed by atoms with Gasteiger partial charge >= 0.3 is 0 Å². The topological polar surface area (TPSA) is 29.3 Å². The Hall–Kier alpha value is -0.0900. The highest BCUT2D eigenvalue weighted by atomic mass is 79.9. The van der Waals surface area contributed by atoms with Crippen molar-refractivity contribution in [1.82, 2.24) is 4.90 Å². The van der Waals surface area contributed by atoms with Crippen LogP contribution in [0.4, 0.5) is 0 Å². The van der Waals surface area contributed by atoms with Crippen LogP contribution in [0.3, 0.4) is 0 Å². The van der Waals surface area contributed by atoms with Gasteiger partial charge in [-0.3, -0.25) is 4.90 Å². The number of rotatable bonds is 2. The van der Waals surface area contributed by atoms with Crippen molar-refractivity contribution in [2.24, 2.45) is 11.7 Å². The van der Waals surface area contributed by atoms with Gasteiger partial charge in [-0.05, 0) is 36.6 Å². The van der Waals surface area contributed by atoms with Gasteiger partial charge < -0.3 is 5.73 Å². The summed E-state index contributed by atoms with van der Waals surface area (Å²) in [6.45, 7) is 5.29. The molecular weight excluding hydrogens is 300 g/mol. The second-order valence-corrected chi connectivity index (χ2v) is 6.19. The Morgan fingerprint density at radius 3 is 2.94 bits per heavy atom. The van der Waals surface area contributed by atoms with Crippen LogP contribution in [0.25, 0.3) is 0 Å². The molecule has 0 spiro atoms. The van der Waals surface area contributed by atoms with Gasteiger partial charge in [-0.25, -0.2) is 0 Å². The number of halogens is 2. The van der Waals surface area contributed by atoms with Gasteiger partial charge in [0.1, 0.15) is 0 Å². The van der Waals surface area contributed by atoms with E-state index in [4.69, 9.17) is 17.3 Å². The quantitative estimate of drug-likeness (QED) is 0.907. The third kappa shape index (κ3) is 3.44.